The molecule has 0 unspecified atom stereocenters. The first-order valence-corrected chi connectivity index (χ1v) is 8.68. The molecule has 0 spiro atoms. The van der Waals surface area contributed by atoms with Crippen LogP contribution in [0, 0.1) is 0 Å². The standard InChI is InChI=1S/C20H17F6NO3/c21-19(22,23)14-5-1-3-12(7-14)9-16(11-18(29)30)27-17(28)10-13-4-2-6-15(8-13)20(24,25)26/h1-8,16H,9-11H2,(H,27,28)(H,29,30)/t16-/m0/s1. The number of carbonyl (C=O) groups excluding carboxylic acids is 1. The Morgan fingerprint density at radius 1 is 0.867 bits per heavy atom. The summed E-state index contributed by atoms with van der Waals surface area (Å²) < 4.78 is 76.8. The third-order valence-electron chi connectivity index (χ3n) is 4.14. The second kappa shape index (κ2) is 9.19. The van der Waals surface area contributed by atoms with E-state index in [-0.39, 0.29) is 17.5 Å². The zero-order valence-electron chi connectivity index (χ0n) is 15.3. The SMILES string of the molecule is O=C(O)C[C@H](Cc1cccc(C(F)(F)F)c1)NC(=O)Cc1cccc(C(F)(F)F)c1. The van der Waals surface area contributed by atoms with Crippen LogP contribution in [-0.4, -0.2) is 23.0 Å². The maximum atomic E-state index is 12.8. The van der Waals surface area contributed by atoms with E-state index in [1.54, 1.807) is 0 Å². The van der Waals surface area contributed by atoms with Gasteiger partial charge >= 0.3 is 18.3 Å². The van der Waals surface area contributed by atoms with Crippen molar-refractivity contribution in [2.45, 2.75) is 37.7 Å². The van der Waals surface area contributed by atoms with Crippen molar-refractivity contribution in [1.82, 2.24) is 5.32 Å². The third kappa shape index (κ3) is 7.09. The fourth-order valence-corrected chi connectivity index (χ4v) is 2.87. The number of amides is 1. The van der Waals surface area contributed by atoms with Crippen molar-refractivity contribution >= 4 is 11.9 Å². The van der Waals surface area contributed by atoms with Gasteiger partial charge in [0, 0.05) is 6.04 Å². The Balaban J connectivity index is 2.11. The van der Waals surface area contributed by atoms with Crippen molar-refractivity contribution in [1.29, 1.82) is 0 Å². The molecular weight excluding hydrogens is 416 g/mol. The van der Waals surface area contributed by atoms with E-state index in [1.807, 2.05) is 0 Å². The number of hydrogen-bond acceptors (Lipinski definition) is 2. The Bertz CT molecular complexity index is 908. The van der Waals surface area contributed by atoms with Crippen LogP contribution in [-0.2, 0) is 34.8 Å². The zero-order valence-corrected chi connectivity index (χ0v) is 15.3. The largest absolute Gasteiger partial charge is 0.481 e. The Labute approximate surface area is 167 Å². The van der Waals surface area contributed by atoms with Gasteiger partial charge in [0.2, 0.25) is 5.91 Å². The van der Waals surface area contributed by atoms with Crippen molar-refractivity contribution in [3.05, 3.63) is 70.8 Å². The van der Waals surface area contributed by atoms with Crippen LogP contribution < -0.4 is 5.32 Å². The molecule has 0 aliphatic rings. The van der Waals surface area contributed by atoms with Gasteiger partial charge in [-0.2, -0.15) is 26.3 Å². The third-order valence-corrected chi connectivity index (χ3v) is 4.14. The Morgan fingerprint density at radius 3 is 1.87 bits per heavy atom. The average Bonchev–Trinajstić information content (AvgIpc) is 2.60. The molecule has 0 bridgehead atoms. The van der Waals surface area contributed by atoms with Crippen LogP contribution in [0.15, 0.2) is 48.5 Å². The number of aliphatic carboxylic acids is 1. The van der Waals surface area contributed by atoms with E-state index in [0.29, 0.717) is 0 Å². The highest BCUT2D eigenvalue weighted by Crippen LogP contribution is 2.30. The van der Waals surface area contributed by atoms with Crippen LogP contribution in [0.25, 0.3) is 0 Å². The second-order valence-corrected chi connectivity index (χ2v) is 6.64. The Hall–Kier alpha value is -3.04. The molecule has 2 aromatic carbocycles. The molecule has 0 aliphatic carbocycles. The predicted octanol–water partition coefficient (Wildman–Crippen LogP) is 4.47. The van der Waals surface area contributed by atoms with E-state index < -0.39 is 54.2 Å². The molecule has 1 amide bonds. The smallest absolute Gasteiger partial charge is 0.416 e. The molecule has 10 heteroatoms. The van der Waals surface area contributed by atoms with Crippen molar-refractivity contribution in [3.8, 4) is 0 Å². The molecule has 0 fully saturated rings. The van der Waals surface area contributed by atoms with Gasteiger partial charge in [-0.05, 0) is 29.7 Å². The van der Waals surface area contributed by atoms with Crippen LogP contribution in [0.4, 0.5) is 26.3 Å². The Kier molecular flexibility index (Phi) is 7.12. The van der Waals surface area contributed by atoms with Crippen LogP contribution in [0.3, 0.4) is 0 Å². The van der Waals surface area contributed by atoms with Gasteiger partial charge in [0.25, 0.3) is 0 Å². The van der Waals surface area contributed by atoms with Gasteiger partial charge in [-0.25, -0.2) is 0 Å². The van der Waals surface area contributed by atoms with Crippen LogP contribution >= 0.6 is 0 Å². The number of hydrogen-bond donors (Lipinski definition) is 2. The molecular formula is C20H17F6NO3. The first kappa shape index (κ1) is 23.2. The molecule has 0 aromatic heterocycles. The van der Waals surface area contributed by atoms with Crippen molar-refractivity contribution < 1.29 is 41.0 Å². The summed E-state index contributed by atoms with van der Waals surface area (Å²) in [7, 11) is 0. The zero-order chi connectivity index (χ0) is 22.5. The van der Waals surface area contributed by atoms with Gasteiger partial charge in [-0.1, -0.05) is 36.4 Å². The lowest BCUT2D eigenvalue weighted by molar-refractivity contribution is -0.139. The van der Waals surface area contributed by atoms with Crippen LogP contribution in [0.2, 0.25) is 0 Å². The summed E-state index contributed by atoms with van der Waals surface area (Å²) in [6.45, 7) is 0. The monoisotopic (exact) mass is 433 g/mol. The maximum Gasteiger partial charge on any atom is 0.416 e. The second-order valence-electron chi connectivity index (χ2n) is 6.64. The van der Waals surface area contributed by atoms with Crippen LogP contribution in [0.5, 0.6) is 0 Å². The molecule has 2 rings (SSSR count). The average molecular weight is 433 g/mol. The lowest BCUT2D eigenvalue weighted by atomic mass is 10.0. The predicted molar refractivity (Wildman–Crippen MR) is 94.5 cm³/mol. The maximum absolute atomic E-state index is 12.8. The summed E-state index contributed by atoms with van der Waals surface area (Å²) in [4.78, 5) is 23.3. The number of carboxylic acid groups (broad SMARTS) is 1. The molecule has 4 nitrogen and oxygen atoms in total. The van der Waals surface area contributed by atoms with E-state index >= 15 is 0 Å². The van der Waals surface area contributed by atoms with Gasteiger partial charge in [0.1, 0.15) is 0 Å². The first-order valence-electron chi connectivity index (χ1n) is 8.68. The number of rotatable bonds is 7. The van der Waals surface area contributed by atoms with E-state index in [1.165, 1.54) is 18.2 Å². The van der Waals surface area contributed by atoms with Gasteiger partial charge in [-0.3, -0.25) is 9.59 Å². The van der Waals surface area contributed by atoms with E-state index in [4.69, 9.17) is 5.11 Å². The number of carbonyl (C=O) groups is 2. The van der Waals surface area contributed by atoms with Gasteiger partial charge in [-0.15, -0.1) is 0 Å². The lowest BCUT2D eigenvalue weighted by Gasteiger charge is -2.18. The number of carboxylic acids is 1. The van der Waals surface area contributed by atoms with Crippen molar-refractivity contribution in [2.75, 3.05) is 0 Å². The molecule has 2 N–H and O–H groups in total. The molecule has 30 heavy (non-hydrogen) atoms. The number of alkyl halides is 6. The minimum atomic E-state index is -4.58. The van der Waals surface area contributed by atoms with Crippen LogP contribution in [0.1, 0.15) is 28.7 Å². The molecule has 0 aliphatic heterocycles. The van der Waals surface area contributed by atoms with Crippen molar-refractivity contribution in [2.24, 2.45) is 0 Å². The molecule has 1 atom stereocenters. The van der Waals surface area contributed by atoms with E-state index in [9.17, 15) is 35.9 Å². The normalized spacial score (nSPS) is 13.0. The molecule has 162 valence electrons. The number of benzene rings is 2. The molecule has 0 heterocycles. The fourth-order valence-electron chi connectivity index (χ4n) is 2.87. The van der Waals surface area contributed by atoms with Crippen molar-refractivity contribution in [3.63, 3.8) is 0 Å². The highest BCUT2D eigenvalue weighted by molar-refractivity contribution is 5.79. The molecule has 2 aromatic rings. The summed E-state index contributed by atoms with van der Waals surface area (Å²) in [5.74, 6) is -2.03. The van der Waals surface area contributed by atoms with Gasteiger partial charge in [0.15, 0.2) is 0 Å². The van der Waals surface area contributed by atoms with Gasteiger partial charge in [0.05, 0.1) is 24.0 Å². The summed E-state index contributed by atoms with van der Waals surface area (Å²) >= 11 is 0. The summed E-state index contributed by atoms with van der Waals surface area (Å²) in [6, 6.07) is 7.32. The highest BCUT2D eigenvalue weighted by atomic mass is 19.4. The summed E-state index contributed by atoms with van der Waals surface area (Å²) in [5.41, 5.74) is -1.62. The van der Waals surface area contributed by atoms with E-state index in [0.717, 1.165) is 30.3 Å². The highest BCUT2D eigenvalue weighted by Gasteiger charge is 2.31. The number of nitrogens with one attached hydrogen (secondary N) is 1. The Morgan fingerprint density at radius 2 is 1.37 bits per heavy atom. The molecule has 0 saturated heterocycles. The van der Waals surface area contributed by atoms with Gasteiger partial charge < -0.3 is 10.4 Å². The topological polar surface area (TPSA) is 66.4 Å². The quantitative estimate of drug-likeness (QED) is 0.634. The number of halogens is 6. The summed E-state index contributed by atoms with van der Waals surface area (Å²) in [5, 5.41) is 11.4. The molecule has 0 radical (unpaired) electrons. The lowest BCUT2D eigenvalue weighted by Crippen LogP contribution is -2.39. The minimum Gasteiger partial charge on any atom is -0.481 e. The van der Waals surface area contributed by atoms with E-state index in [2.05, 4.69) is 5.32 Å². The first-order chi connectivity index (χ1) is 13.8. The minimum absolute atomic E-state index is 0.0652. The summed E-state index contributed by atoms with van der Waals surface area (Å²) in [6.07, 6.45) is -10.4. The molecule has 0 saturated carbocycles. The fraction of sp³-hybridized carbons (Fsp3) is 0.300.